The second kappa shape index (κ2) is 10.7. The Morgan fingerprint density at radius 1 is 1.30 bits per heavy atom. The molecule has 2 heterocycles. The molecule has 150 valence electrons. The maximum Gasteiger partial charge on any atom is 0.223 e. The molecule has 2 unspecified atom stereocenters. The summed E-state index contributed by atoms with van der Waals surface area (Å²) in [5.74, 6) is 1.50. The van der Waals surface area contributed by atoms with Crippen molar-refractivity contribution in [2.75, 3.05) is 6.54 Å². The monoisotopic (exact) mass is 413 g/mol. The van der Waals surface area contributed by atoms with Crippen LogP contribution in [-0.2, 0) is 11.2 Å². The van der Waals surface area contributed by atoms with Gasteiger partial charge in [-0.2, -0.15) is 0 Å². The fourth-order valence-corrected chi connectivity index (χ4v) is 3.45. The lowest BCUT2D eigenvalue weighted by Crippen LogP contribution is -2.51. The zero-order valence-electron chi connectivity index (χ0n) is 15.9. The highest BCUT2D eigenvalue weighted by Gasteiger charge is 2.29. The van der Waals surface area contributed by atoms with E-state index >= 15 is 0 Å². The van der Waals surface area contributed by atoms with Crippen LogP contribution in [0.2, 0.25) is 0 Å². The highest BCUT2D eigenvalue weighted by atomic mass is 35.5. The summed E-state index contributed by atoms with van der Waals surface area (Å²) in [4.78, 5) is 18.9. The molecule has 1 aromatic heterocycles. The Labute approximate surface area is 173 Å². The Kier molecular flexibility index (Phi) is 9.30. The Morgan fingerprint density at radius 2 is 2.00 bits per heavy atom. The normalized spacial score (nSPS) is 17.6. The van der Waals surface area contributed by atoms with Gasteiger partial charge in [0, 0.05) is 37.0 Å². The summed E-state index contributed by atoms with van der Waals surface area (Å²) in [6.07, 6.45) is 5.88. The molecule has 2 N–H and O–H groups in total. The molecule has 27 heavy (non-hydrogen) atoms. The van der Waals surface area contributed by atoms with Crippen molar-refractivity contribution in [3.63, 3.8) is 0 Å². The maximum atomic E-state index is 12.6. The number of carbonyl (C=O) groups is 1. The summed E-state index contributed by atoms with van der Waals surface area (Å²) in [7, 11) is 0. The Morgan fingerprint density at radius 3 is 2.67 bits per heavy atom. The van der Waals surface area contributed by atoms with Gasteiger partial charge in [0.1, 0.15) is 0 Å². The van der Waals surface area contributed by atoms with E-state index in [4.69, 9.17) is 10.2 Å². The average Bonchev–Trinajstić information content (AvgIpc) is 3.09. The summed E-state index contributed by atoms with van der Waals surface area (Å²) in [6, 6.07) is 8.31. The van der Waals surface area contributed by atoms with Crippen molar-refractivity contribution >= 4 is 30.7 Å². The minimum atomic E-state index is 0. The van der Waals surface area contributed by atoms with Gasteiger partial charge in [0.15, 0.2) is 11.7 Å². The number of rotatable bonds is 5. The van der Waals surface area contributed by atoms with Gasteiger partial charge in [-0.1, -0.05) is 29.8 Å². The van der Waals surface area contributed by atoms with Gasteiger partial charge in [-0.15, -0.1) is 24.8 Å². The lowest BCUT2D eigenvalue weighted by molar-refractivity contribution is -0.135. The van der Waals surface area contributed by atoms with Gasteiger partial charge in [0.2, 0.25) is 5.91 Å². The number of oxazole rings is 1. The highest BCUT2D eigenvalue weighted by molar-refractivity contribution is 5.85. The third-order valence-corrected chi connectivity index (χ3v) is 4.92. The number of nitrogens with zero attached hydrogens (tertiary/aromatic N) is 2. The molecule has 0 radical (unpaired) electrons. The molecular formula is C20H29Cl2N3O2. The number of hydrogen-bond acceptors (Lipinski definition) is 4. The van der Waals surface area contributed by atoms with Crippen LogP contribution in [0.25, 0.3) is 11.3 Å². The Hall–Kier alpha value is -1.56. The Bertz CT molecular complexity index is 716. The summed E-state index contributed by atoms with van der Waals surface area (Å²) in [5, 5.41) is 0. The zero-order chi connectivity index (χ0) is 17.8. The van der Waals surface area contributed by atoms with E-state index in [2.05, 4.69) is 11.9 Å². The molecule has 0 spiro atoms. The molecular weight excluding hydrogens is 385 g/mol. The number of nitrogens with two attached hydrogens (primary N) is 1. The molecule has 0 aliphatic carbocycles. The average molecular weight is 414 g/mol. The fraction of sp³-hybridized carbons (Fsp3) is 0.500. The molecule has 1 aliphatic heterocycles. The smallest absolute Gasteiger partial charge is 0.223 e. The molecule has 5 nitrogen and oxygen atoms in total. The van der Waals surface area contributed by atoms with Crippen molar-refractivity contribution in [3.05, 3.63) is 41.9 Å². The SMILES string of the molecule is Cc1ccc(-c2cnc(CCC(=O)N3CCCCC3C(C)N)o2)cc1.Cl.Cl. The lowest BCUT2D eigenvalue weighted by atomic mass is 9.96. The third kappa shape index (κ3) is 5.96. The van der Waals surface area contributed by atoms with Gasteiger partial charge in [-0.05, 0) is 33.1 Å². The second-order valence-electron chi connectivity index (χ2n) is 6.99. The van der Waals surface area contributed by atoms with Crippen molar-refractivity contribution in [1.29, 1.82) is 0 Å². The van der Waals surface area contributed by atoms with Crippen LogP contribution in [0.1, 0.15) is 44.1 Å². The number of hydrogen-bond donors (Lipinski definition) is 1. The summed E-state index contributed by atoms with van der Waals surface area (Å²) in [6.45, 7) is 4.85. The van der Waals surface area contributed by atoms with E-state index in [9.17, 15) is 4.79 Å². The molecule has 0 saturated carbocycles. The lowest BCUT2D eigenvalue weighted by Gasteiger charge is -2.38. The van der Waals surface area contributed by atoms with E-state index in [1.54, 1.807) is 6.20 Å². The first-order chi connectivity index (χ1) is 12.0. The van der Waals surface area contributed by atoms with Crippen molar-refractivity contribution < 1.29 is 9.21 Å². The number of aryl methyl sites for hydroxylation is 2. The summed E-state index contributed by atoms with van der Waals surface area (Å²) < 4.78 is 5.82. The highest BCUT2D eigenvalue weighted by Crippen LogP contribution is 2.23. The number of carbonyl (C=O) groups excluding carboxylic acids is 1. The third-order valence-electron chi connectivity index (χ3n) is 4.92. The van der Waals surface area contributed by atoms with E-state index in [0.29, 0.717) is 18.7 Å². The predicted octanol–water partition coefficient (Wildman–Crippen LogP) is 4.15. The molecule has 1 saturated heterocycles. The largest absolute Gasteiger partial charge is 0.441 e. The fourth-order valence-electron chi connectivity index (χ4n) is 3.45. The topological polar surface area (TPSA) is 72.4 Å². The summed E-state index contributed by atoms with van der Waals surface area (Å²) >= 11 is 0. The van der Waals surface area contributed by atoms with E-state index < -0.39 is 0 Å². The standard InChI is InChI=1S/C20H27N3O2.2ClH/c1-14-6-8-16(9-7-14)18-13-22-19(25-18)10-11-20(24)23-12-4-3-5-17(23)15(2)21;;/h6-9,13,15,17H,3-5,10-12,21H2,1-2H3;2*1H. The van der Waals surface area contributed by atoms with Crippen LogP contribution in [0.5, 0.6) is 0 Å². The van der Waals surface area contributed by atoms with Gasteiger partial charge >= 0.3 is 0 Å². The van der Waals surface area contributed by atoms with Crippen LogP contribution in [0.4, 0.5) is 0 Å². The molecule has 1 aliphatic rings. The quantitative estimate of drug-likeness (QED) is 0.798. The van der Waals surface area contributed by atoms with Crippen LogP contribution in [0.3, 0.4) is 0 Å². The van der Waals surface area contributed by atoms with Gasteiger partial charge in [-0.25, -0.2) is 4.98 Å². The van der Waals surface area contributed by atoms with E-state index in [1.165, 1.54) is 5.56 Å². The van der Waals surface area contributed by atoms with E-state index in [-0.39, 0.29) is 42.8 Å². The molecule has 3 rings (SSSR count). The van der Waals surface area contributed by atoms with Crippen molar-refractivity contribution in [2.24, 2.45) is 5.73 Å². The maximum absolute atomic E-state index is 12.6. The second-order valence-corrected chi connectivity index (χ2v) is 6.99. The molecule has 2 aromatic rings. The van der Waals surface area contributed by atoms with Crippen molar-refractivity contribution in [2.45, 2.75) is 58.0 Å². The van der Waals surface area contributed by atoms with Crippen molar-refractivity contribution in [3.8, 4) is 11.3 Å². The van der Waals surface area contributed by atoms with Gasteiger partial charge in [0.25, 0.3) is 0 Å². The van der Waals surface area contributed by atoms with Crippen LogP contribution >= 0.6 is 24.8 Å². The van der Waals surface area contributed by atoms with Crippen LogP contribution < -0.4 is 5.73 Å². The Balaban J connectivity index is 0.00000182. The van der Waals surface area contributed by atoms with E-state index in [1.807, 2.05) is 36.1 Å². The minimum Gasteiger partial charge on any atom is -0.441 e. The zero-order valence-corrected chi connectivity index (χ0v) is 17.5. The summed E-state index contributed by atoms with van der Waals surface area (Å²) in [5.41, 5.74) is 8.27. The van der Waals surface area contributed by atoms with Crippen molar-refractivity contribution in [1.82, 2.24) is 9.88 Å². The van der Waals surface area contributed by atoms with Gasteiger partial charge < -0.3 is 15.1 Å². The van der Waals surface area contributed by atoms with Crippen LogP contribution in [0, 0.1) is 6.92 Å². The molecule has 1 amide bonds. The first-order valence-electron chi connectivity index (χ1n) is 9.11. The molecule has 0 bridgehead atoms. The molecule has 7 heteroatoms. The number of halogens is 2. The number of amides is 1. The number of piperidine rings is 1. The van der Waals surface area contributed by atoms with Gasteiger partial charge in [0.05, 0.1) is 6.20 Å². The van der Waals surface area contributed by atoms with Crippen LogP contribution in [-0.4, -0.2) is 34.4 Å². The van der Waals surface area contributed by atoms with Gasteiger partial charge in [-0.3, -0.25) is 4.79 Å². The van der Waals surface area contributed by atoms with Crippen LogP contribution in [0.15, 0.2) is 34.9 Å². The minimum absolute atomic E-state index is 0. The predicted molar refractivity (Wildman–Crippen MR) is 112 cm³/mol. The number of benzene rings is 1. The van der Waals surface area contributed by atoms with E-state index in [0.717, 1.165) is 37.1 Å². The first kappa shape index (κ1) is 23.5. The molecule has 1 aromatic carbocycles. The number of likely N-dealkylation sites (tertiary alicyclic amines) is 1. The first-order valence-corrected chi connectivity index (χ1v) is 9.11. The molecule has 1 fully saturated rings. The number of aromatic nitrogens is 1. The molecule has 2 atom stereocenters.